The largest absolute Gasteiger partial charge is 0.461 e. The van der Waals surface area contributed by atoms with Gasteiger partial charge in [0.1, 0.15) is 13.2 Å². The SMILES string of the molecule is C=C(COC(C)=O)COc1nc(N)nc(N)n1. The summed E-state index contributed by atoms with van der Waals surface area (Å²) in [6.07, 6.45) is 0. The van der Waals surface area contributed by atoms with E-state index in [1.54, 1.807) is 0 Å². The van der Waals surface area contributed by atoms with Crippen LogP contribution in [0.2, 0.25) is 0 Å². The van der Waals surface area contributed by atoms with Crippen LogP contribution in [0.3, 0.4) is 0 Å². The van der Waals surface area contributed by atoms with Gasteiger partial charge in [-0.2, -0.15) is 15.0 Å². The van der Waals surface area contributed by atoms with E-state index in [1.165, 1.54) is 6.92 Å². The van der Waals surface area contributed by atoms with Crippen molar-refractivity contribution in [2.75, 3.05) is 24.7 Å². The highest BCUT2D eigenvalue weighted by molar-refractivity contribution is 5.66. The second kappa shape index (κ2) is 5.64. The number of esters is 1. The van der Waals surface area contributed by atoms with E-state index in [4.69, 9.17) is 20.9 Å². The predicted octanol–water partition coefficient (Wildman–Crippen LogP) is -0.466. The van der Waals surface area contributed by atoms with Crippen LogP contribution in [-0.2, 0) is 9.53 Å². The van der Waals surface area contributed by atoms with Crippen LogP contribution in [0, 0.1) is 0 Å². The molecule has 1 rings (SSSR count). The fourth-order valence-corrected chi connectivity index (χ4v) is 0.865. The van der Waals surface area contributed by atoms with Gasteiger partial charge < -0.3 is 20.9 Å². The molecule has 92 valence electrons. The molecule has 0 aliphatic heterocycles. The van der Waals surface area contributed by atoms with E-state index in [0.29, 0.717) is 5.57 Å². The van der Waals surface area contributed by atoms with Gasteiger partial charge in [0.2, 0.25) is 11.9 Å². The van der Waals surface area contributed by atoms with Gasteiger partial charge in [0, 0.05) is 6.92 Å². The number of nitrogens with zero attached hydrogens (tertiary/aromatic N) is 3. The van der Waals surface area contributed by atoms with Crippen molar-refractivity contribution in [3.05, 3.63) is 12.2 Å². The zero-order chi connectivity index (χ0) is 12.8. The first kappa shape index (κ1) is 12.7. The topological polar surface area (TPSA) is 126 Å². The highest BCUT2D eigenvalue weighted by Crippen LogP contribution is 2.07. The molecule has 1 aromatic rings. The van der Waals surface area contributed by atoms with Gasteiger partial charge in [-0.05, 0) is 5.57 Å². The Labute approximate surface area is 97.7 Å². The molecule has 0 atom stereocenters. The van der Waals surface area contributed by atoms with Crippen LogP contribution >= 0.6 is 0 Å². The Balaban J connectivity index is 2.44. The Bertz CT molecular complexity index is 414. The van der Waals surface area contributed by atoms with Crippen molar-refractivity contribution >= 4 is 17.9 Å². The minimum absolute atomic E-state index is 0.000949. The maximum atomic E-state index is 10.5. The molecule has 0 radical (unpaired) electrons. The van der Waals surface area contributed by atoms with Gasteiger partial charge in [-0.15, -0.1) is 0 Å². The van der Waals surface area contributed by atoms with E-state index in [0.717, 1.165) is 0 Å². The van der Waals surface area contributed by atoms with Gasteiger partial charge in [-0.25, -0.2) is 0 Å². The monoisotopic (exact) mass is 239 g/mol. The molecule has 8 heteroatoms. The third-order valence-corrected chi connectivity index (χ3v) is 1.53. The highest BCUT2D eigenvalue weighted by atomic mass is 16.5. The van der Waals surface area contributed by atoms with E-state index in [9.17, 15) is 4.79 Å². The Hall–Kier alpha value is -2.38. The van der Waals surface area contributed by atoms with Gasteiger partial charge in [0.15, 0.2) is 0 Å². The summed E-state index contributed by atoms with van der Waals surface area (Å²) in [6, 6.07) is -0.000949. The summed E-state index contributed by atoms with van der Waals surface area (Å²) in [6.45, 7) is 5.13. The van der Waals surface area contributed by atoms with E-state index < -0.39 is 0 Å². The van der Waals surface area contributed by atoms with Gasteiger partial charge in [0.05, 0.1) is 0 Å². The summed E-state index contributed by atoms with van der Waals surface area (Å²) in [5, 5.41) is 0. The lowest BCUT2D eigenvalue weighted by Gasteiger charge is -2.07. The molecule has 0 aliphatic carbocycles. The Morgan fingerprint density at radius 2 is 1.82 bits per heavy atom. The first-order valence-corrected chi connectivity index (χ1v) is 4.67. The van der Waals surface area contributed by atoms with E-state index in [-0.39, 0.29) is 37.1 Å². The van der Waals surface area contributed by atoms with Crippen molar-refractivity contribution in [1.82, 2.24) is 15.0 Å². The number of carbonyl (C=O) groups excluding carboxylic acids is 1. The van der Waals surface area contributed by atoms with Gasteiger partial charge in [-0.3, -0.25) is 4.79 Å². The number of ether oxygens (including phenoxy) is 2. The minimum Gasteiger partial charge on any atom is -0.461 e. The molecule has 1 aromatic heterocycles. The summed E-state index contributed by atoms with van der Waals surface area (Å²) in [7, 11) is 0. The van der Waals surface area contributed by atoms with Gasteiger partial charge in [-0.1, -0.05) is 6.58 Å². The van der Waals surface area contributed by atoms with Crippen molar-refractivity contribution in [2.45, 2.75) is 6.92 Å². The summed E-state index contributed by atoms with van der Waals surface area (Å²) >= 11 is 0. The number of nitrogens with two attached hydrogens (primary N) is 2. The predicted molar refractivity (Wildman–Crippen MR) is 59.9 cm³/mol. The molecule has 0 aromatic carbocycles. The molecule has 1 heterocycles. The lowest BCUT2D eigenvalue weighted by Crippen LogP contribution is -2.12. The molecule has 0 bridgehead atoms. The zero-order valence-corrected chi connectivity index (χ0v) is 9.34. The molecule has 0 aliphatic rings. The van der Waals surface area contributed by atoms with Crippen LogP contribution in [-0.4, -0.2) is 34.1 Å². The molecule has 0 unspecified atom stereocenters. The Morgan fingerprint density at radius 3 is 2.35 bits per heavy atom. The van der Waals surface area contributed by atoms with Crippen LogP contribution in [0.15, 0.2) is 12.2 Å². The van der Waals surface area contributed by atoms with Crippen molar-refractivity contribution in [2.24, 2.45) is 0 Å². The molecule has 0 saturated heterocycles. The fraction of sp³-hybridized carbons (Fsp3) is 0.333. The number of aromatic nitrogens is 3. The van der Waals surface area contributed by atoms with Crippen LogP contribution < -0.4 is 16.2 Å². The van der Waals surface area contributed by atoms with Crippen molar-refractivity contribution < 1.29 is 14.3 Å². The van der Waals surface area contributed by atoms with Crippen molar-refractivity contribution in [1.29, 1.82) is 0 Å². The van der Waals surface area contributed by atoms with Crippen LogP contribution in [0.4, 0.5) is 11.9 Å². The summed E-state index contributed by atoms with van der Waals surface area (Å²) in [5.41, 5.74) is 11.3. The van der Waals surface area contributed by atoms with E-state index >= 15 is 0 Å². The number of rotatable bonds is 5. The molecule has 0 fully saturated rings. The smallest absolute Gasteiger partial charge is 0.323 e. The molecule has 0 spiro atoms. The highest BCUT2D eigenvalue weighted by Gasteiger charge is 2.04. The normalized spacial score (nSPS) is 9.71. The zero-order valence-electron chi connectivity index (χ0n) is 9.34. The second-order valence-electron chi connectivity index (χ2n) is 3.15. The number of hydrogen-bond donors (Lipinski definition) is 2. The van der Waals surface area contributed by atoms with Crippen molar-refractivity contribution in [3.8, 4) is 6.01 Å². The Morgan fingerprint density at radius 1 is 1.24 bits per heavy atom. The second-order valence-corrected chi connectivity index (χ2v) is 3.15. The Kier molecular flexibility index (Phi) is 4.21. The average molecular weight is 239 g/mol. The maximum absolute atomic E-state index is 10.5. The number of hydrogen-bond acceptors (Lipinski definition) is 8. The quantitative estimate of drug-likeness (QED) is 0.521. The molecule has 0 saturated carbocycles. The first-order chi connectivity index (χ1) is 7.97. The molecular formula is C9H13N5O3. The van der Waals surface area contributed by atoms with E-state index in [1.807, 2.05) is 0 Å². The lowest BCUT2D eigenvalue weighted by molar-refractivity contribution is -0.140. The van der Waals surface area contributed by atoms with Gasteiger partial charge in [0.25, 0.3) is 0 Å². The molecule has 4 N–H and O–H groups in total. The number of carbonyl (C=O) groups is 1. The number of nitrogen functional groups attached to an aromatic ring is 2. The summed E-state index contributed by atoms with van der Waals surface area (Å²) < 4.78 is 9.87. The summed E-state index contributed by atoms with van der Waals surface area (Å²) in [4.78, 5) is 21.5. The molecule has 0 amide bonds. The minimum atomic E-state index is -0.389. The lowest BCUT2D eigenvalue weighted by atomic mass is 10.3. The molecule has 8 nitrogen and oxygen atoms in total. The standard InChI is InChI=1S/C9H13N5O3/c1-5(3-16-6(2)15)4-17-9-13-7(10)12-8(11)14-9/h1,3-4H2,2H3,(H4,10,11,12,13,14). The summed E-state index contributed by atoms with van der Waals surface area (Å²) in [5.74, 6) is -0.448. The first-order valence-electron chi connectivity index (χ1n) is 4.67. The molecular weight excluding hydrogens is 226 g/mol. The third kappa shape index (κ3) is 4.78. The number of anilines is 2. The third-order valence-electron chi connectivity index (χ3n) is 1.53. The maximum Gasteiger partial charge on any atom is 0.323 e. The average Bonchev–Trinajstić information content (AvgIpc) is 2.22. The fourth-order valence-electron chi connectivity index (χ4n) is 0.865. The van der Waals surface area contributed by atoms with Gasteiger partial charge >= 0.3 is 12.0 Å². The van der Waals surface area contributed by atoms with Crippen LogP contribution in [0.5, 0.6) is 6.01 Å². The van der Waals surface area contributed by atoms with Crippen LogP contribution in [0.25, 0.3) is 0 Å². The molecule has 17 heavy (non-hydrogen) atoms. The van der Waals surface area contributed by atoms with E-state index in [2.05, 4.69) is 21.5 Å². The van der Waals surface area contributed by atoms with Crippen LogP contribution in [0.1, 0.15) is 6.92 Å². The van der Waals surface area contributed by atoms with Crippen molar-refractivity contribution in [3.63, 3.8) is 0 Å².